The van der Waals surface area contributed by atoms with E-state index in [-0.39, 0.29) is 12.0 Å². The number of ether oxygens (including phenoxy) is 1. The highest BCUT2D eigenvalue weighted by Crippen LogP contribution is 2.24. The van der Waals surface area contributed by atoms with Crippen LogP contribution in [0, 0.1) is 0 Å². The first kappa shape index (κ1) is 15.7. The van der Waals surface area contributed by atoms with Gasteiger partial charge < -0.3 is 14.2 Å². The first-order valence-electron chi connectivity index (χ1n) is 8.40. The van der Waals surface area contributed by atoms with Gasteiger partial charge in [0.1, 0.15) is 12.4 Å². The van der Waals surface area contributed by atoms with E-state index in [1.807, 2.05) is 46.7 Å². The number of amides is 1. The summed E-state index contributed by atoms with van der Waals surface area (Å²) in [6, 6.07) is 9.42. The van der Waals surface area contributed by atoms with Crippen LogP contribution in [0.15, 0.2) is 42.9 Å². The van der Waals surface area contributed by atoms with E-state index in [0.29, 0.717) is 25.3 Å². The van der Waals surface area contributed by atoms with Crippen LogP contribution in [-0.4, -0.2) is 50.3 Å². The van der Waals surface area contributed by atoms with Gasteiger partial charge in [0.15, 0.2) is 5.82 Å². The lowest BCUT2D eigenvalue weighted by Crippen LogP contribution is -2.43. The summed E-state index contributed by atoms with van der Waals surface area (Å²) >= 11 is 0. The fraction of sp³-hybridized carbons (Fsp3) is 0.333. The molecule has 7 heteroatoms. The standard InChI is InChI=1S/C18H19N5O2/c1-2-22-12-20-21-17(22)16-11-23(9-10-25-16)18(24)14-5-3-7-15-13(14)6-4-8-19-15/h3-8,12,16H,2,9-11H2,1H3. The molecule has 0 aliphatic carbocycles. The molecule has 0 spiro atoms. The number of morpholine rings is 1. The predicted molar refractivity (Wildman–Crippen MR) is 92.0 cm³/mol. The first-order valence-corrected chi connectivity index (χ1v) is 8.40. The van der Waals surface area contributed by atoms with Gasteiger partial charge in [-0.15, -0.1) is 10.2 Å². The molecule has 1 atom stereocenters. The van der Waals surface area contributed by atoms with Crippen molar-refractivity contribution in [1.82, 2.24) is 24.6 Å². The summed E-state index contributed by atoms with van der Waals surface area (Å²) in [5.74, 6) is 0.758. The van der Waals surface area contributed by atoms with Gasteiger partial charge in [-0.2, -0.15) is 0 Å². The number of hydrogen-bond donors (Lipinski definition) is 0. The Labute approximate surface area is 145 Å². The van der Waals surface area contributed by atoms with Crippen molar-refractivity contribution in [1.29, 1.82) is 0 Å². The molecular weight excluding hydrogens is 318 g/mol. The zero-order valence-corrected chi connectivity index (χ0v) is 14.0. The summed E-state index contributed by atoms with van der Waals surface area (Å²) in [6.45, 7) is 4.31. The van der Waals surface area contributed by atoms with E-state index in [2.05, 4.69) is 15.2 Å². The molecule has 3 heterocycles. The molecule has 1 aliphatic rings. The Kier molecular flexibility index (Phi) is 4.15. The van der Waals surface area contributed by atoms with E-state index in [0.717, 1.165) is 23.3 Å². The average molecular weight is 337 g/mol. The molecule has 1 unspecified atom stereocenters. The molecule has 0 N–H and O–H groups in total. The summed E-state index contributed by atoms with van der Waals surface area (Å²) in [4.78, 5) is 19.2. The van der Waals surface area contributed by atoms with Crippen molar-refractivity contribution in [2.24, 2.45) is 0 Å². The van der Waals surface area contributed by atoms with Gasteiger partial charge in [-0.05, 0) is 25.1 Å². The molecule has 0 radical (unpaired) electrons. The molecule has 128 valence electrons. The van der Waals surface area contributed by atoms with Crippen LogP contribution in [0.1, 0.15) is 29.2 Å². The van der Waals surface area contributed by atoms with Crippen molar-refractivity contribution in [3.8, 4) is 0 Å². The fourth-order valence-corrected chi connectivity index (χ4v) is 3.21. The Balaban J connectivity index is 1.62. The van der Waals surface area contributed by atoms with Gasteiger partial charge in [-0.3, -0.25) is 9.78 Å². The van der Waals surface area contributed by atoms with Crippen molar-refractivity contribution >= 4 is 16.8 Å². The van der Waals surface area contributed by atoms with E-state index in [4.69, 9.17) is 4.74 Å². The highest BCUT2D eigenvalue weighted by atomic mass is 16.5. The van der Waals surface area contributed by atoms with Crippen molar-refractivity contribution in [3.63, 3.8) is 0 Å². The average Bonchev–Trinajstić information content (AvgIpc) is 3.16. The predicted octanol–water partition coefficient (Wildman–Crippen LogP) is 2.06. The van der Waals surface area contributed by atoms with E-state index in [1.165, 1.54) is 0 Å². The van der Waals surface area contributed by atoms with Crippen molar-refractivity contribution in [2.75, 3.05) is 19.7 Å². The van der Waals surface area contributed by atoms with Crippen LogP contribution in [0.4, 0.5) is 0 Å². The maximum absolute atomic E-state index is 13.1. The van der Waals surface area contributed by atoms with E-state index < -0.39 is 0 Å². The summed E-state index contributed by atoms with van der Waals surface area (Å²) in [7, 11) is 0. The summed E-state index contributed by atoms with van der Waals surface area (Å²) in [5.41, 5.74) is 1.49. The number of carbonyl (C=O) groups is 1. The number of nitrogens with zero attached hydrogens (tertiary/aromatic N) is 5. The molecule has 0 bridgehead atoms. The molecule has 1 aliphatic heterocycles. The molecule has 25 heavy (non-hydrogen) atoms. The summed E-state index contributed by atoms with van der Waals surface area (Å²) < 4.78 is 7.78. The second-order valence-corrected chi connectivity index (χ2v) is 5.96. The van der Waals surface area contributed by atoms with E-state index in [9.17, 15) is 4.79 Å². The van der Waals surface area contributed by atoms with Crippen LogP contribution in [-0.2, 0) is 11.3 Å². The van der Waals surface area contributed by atoms with Gasteiger partial charge in [0.25, 0.3) is 5.91 Å². The number of carbonyl (C=O) groups excluding carboxylic acids is 1. The number of pyridine rings is 1. The smallest absolute Gasteiger partial charge is 0.254 e. The van der Waals surface area contributed by atoms with Gasteiger partial charge in [-0.1, -0.05) is 12.1 Å². The minimum absolute atomic E-state index is 0.00513. The number of benzene rings is 1. The number of fused-ring (bicyclic) bond motifs is 1. The largest absolute Gasteiger partial charge is 0.366 e. The van der Waals surface area contributed by atoms with Gasteiger partial charge >= 0.3 is 0 Å². The zero-order valence-electron chi connectivity index (χ0n) is 14.0. The van der Waals surface area contributed by atoms with Crippen LogP contribution in [0.3, 0.4) is 0 Å². The lowest BCUT2D eigenvalue weighted by molar-refractivity contribution is -0.0283. The van der Waals surface area contributed by atoms with Crippen LogP contribution in [0.25, 0.3) is 10.9 Å². The number of aromatic nitrogens is 4. The molecule has 7 nitrogen and oxygen atoms in total. The molecule has 0 saturated carbocycles. The van der Waals surface area contributed by atoms with Crippen LogP contribution >= 0.6 is 0 Å². The molecule has 4 rings (SSSR count). The quantitative estimate of drug-likeness (QED) is 0.731. The Morgan fingerprint density at radius 3 is 3.12 bits per heavy atom. The highest BCUT2D eigenvalue weighted by Gasteiger charge is 2.29. The van der Waals surface area contributed by atoms with Gasteiger partial charge in [0.2, 0.25) is 0 Å². The molecule has 1 saturated heterocycles. The van der Waals surface area contributed by atoms with Gasteiger partial charge in [-0.25, -0.2) is 0 Å². The fourth-order valence-electron chi connectivity index (χ4n) is 3.21. The lowest BCUT2D eigenvalue weighted by Gasteiger charge is -2.32. The third kappa shape index (κ3) is 2.87. The SMILES string of the molecule is CCn1cnnc1C1CN(C(=O)c2cccc3ncccc23)CCO1. The van der Waals surface area contributed by atoms with Crippen molar-refractivity contribution < 1.29 is 9.53 Å². The van der Waals surface area contributed by atoms with Gasteiger partial charge in [0.05, 0.1) is 18.7 Å². The number of hydrogen-bond acceptors (Lipinski definition) is 5. The zero-order chi connectivity index (χ0) is 17.2. The molecule has 2 aromatic heterocycles. The molecule has 3 aromatic rings. The maximum atomic E-state index is 13.1. The topological polar surface area (TPSA) is 73.1 Å². The third-order valence-electron chi connectivity index (χ3n) is 4.50. The van der Waals surface area contributed by atoms with E-state index in [1.54, 1.807) is 12.5 Å². The number of rotatable bonds is 3. The first-order chi connectivity index (χ1) is 12.3. The Morgan fingerprint density at radius 1 is 1.32 bits per heavy atom. The van der Waals surface area contributed by atoms with Crippen molar-refractivity contribution in [2.45, 2.75) is 19.6 Å². The second kappa shape index (κ2) is 6.60. The highest BCUT2D eigenvalue weighted by molar-refractivity contribution is 6.06. The summed E-state index contributed by atoms with van der Waals surface area (Å²) in [6.07, 6.45) is 3.17. The normalized spacial score (nSPS) is 17.8. The van der Waals surface area contributed by atoms with Crippen LogP contribution < -0.4 is 0 Å². The maximum Gasteiger partial charge on any atom is 0.254 e. The molecule has 1 amide bonds. The van der Waals surface area contributed by atoms with Crippen LogP contribution in [0.5, 0.6) is 0 Å². The number of aryl methyl sites for hydroxylation is 1. The lowest BCUT2D eigenvalue weighted by atomic mass is 10.1. The van der Waals surface area contributed by atoms with Crippen molar-refractivity contribution in [3.05, 3.63) is 54.2 Å². The Bertz CT molecular complexity index is 902. The minimum atomic E-state index is -0.256. The second-order valence-electron chi connectivity index (χ2n) is 5.96. The Hall–Kier alpha value is -2.80. The molecule has 1 fully saturated rings. The summed E-state index contributed by atoms with van der Waals surface area (Å²) in [5, 5.41) is 9.00. The molecule has 1 aromatic carbocycles. The van der Waals surface area contributed by atoms with Crippen LogP contribution in [0.2, 0.25) is 0 Å². The third-order valence-corrected chi connectivity index (χ3v) is 4.50. The van der Waals surface area contributed by atoms with Gasteiger partial charge in [0, 0.05) is 30.2 Å². The molecular formula is C18H19N5O2. The monoisotopic (exact) mass is 337 g/mol. The van der Waals surface area contributed by atoms with E-state index >= 15 is 0 Å². The Morgan fingerprint density at radius 2 is 2.24 bits per heavy atom. The minimum Gasteiger partial charge on any atom is -0.366 e.